The molecule has 0 aliphatic carbocycles. The summed E-state index contributed by atoms with van der Waals surface area (Å²) in [5.74, 6) is -1.26. The molecule has 2 aromatic rings. The fourth-order valence-corrected chi connectivity index (χ4v) is 2.88. The third kappa shape index (κ3) is 4.88. The molecule has 27 heavy (non-hydrogen) atoms. The molecule has 2 rings (SSSR count). The largest absolute Gasteiger partial charge is 0.497 e. The molecule has 0 spiro atoms. The number of aromatic nitrogens is 1. The molecule has 1 heterocycles. The molecule has 0 aliphatic heterocycles. The summed E-state index contributed by atoms with van der Waals surface area (Å²) in [7, 11) is 2.77. The van der Waals surface area contributed by atoms with Crippen molar-refractivity contribution in [1.29, 1.82) is 0 Å². The molecule has 0 saturated carbocycles. The lowest BCUT2D eigenvalue weighted by Crippen LogP contribution is -2.14. The highest BCUT2D eigenvalue weighted by atomic mass is 32.1. The maximum absolute atomic E-state index is 13.1. The molecular formula is C16H15F3N2O5S. The number of amides is 1. The highest BCUT2D eigenvalue weighted by molar-refractivity contribution is 7.17. The summed E-state index contributed by atoms with van der Waals surface area (Å²) >= 11 is 0.377. The normalized spacial score (nSPS) is 11.0. The molecule has 0 radical (unpaired) electrons. The fraction of sp³-hybridized carbons (Fsp3) is 0.312. The van der Waals surface area contributed by atoms with Crippen molar-refractivity contribution in [3.05, 3.63) is 34.3 Å². The number of anilines is 1. The van der Waals surface area contributed by atoms with E-state index in [1.165, 1.54) is 39.3 Å². The van der Waals surface area contributed by atoms with Gasteiger partial charge in [-0.1, -0.05) is 11.3 Å². The highest BCUT2D eigenvalue weighted by Crippen LogP contribution is 2.36. The van der Waals surface area contributed by atoms with Gasteiger partial charge in [-0.25, -0.2) is 9.78 Å². The lowest BCUT2D eigenvalue weighted by molar-refractivity contribution is -0.141. The summed E-state index contributed by atoms with van der Waals surface area (Å²) in [6, 6.07) is 4.28. The second-order valence-electron chi connectivity index (χ2n) is 4.97. The first-order chi connectivity index (χ1) is 12.7. The van der Waals surface area contributed by atoms with E-state index in [1.54, 1.807) is 0 Å². The Bertz CT molecular complexity index is 829. The van der Waals surface area contributed by atoms with Gasteiger partial charge in [-0.15, -0.1) is 0 Å². The number of alkyl halides is 3. The van der Waals surface area contributed by atoms with Crippen molar-refractivity contribution in [3.63, 3.8) is 0 Å². The van der Waals surface area contributed by atoms with Gasteiger partial charge in [0.05, 0.1) is 20.8 Å². The number of halogens is 3. The monoisotopic (exact) mass is 404 g/mol. The van der Waals surface area contributed by atoms with Crippen molar-refractivity contribution in [2.75, 3.05) is 26.1 Å². The summed E-state index contributed by atoms with van der Waals surface area (Å²) in [5, 5.41) is 1.85. The third-order valence-corrected chi connectivity index (χ3v) is 4.14. The Hall–Kier alpha value is -2.82. The van der Waals surface area contributed by atoms with E-state index in [-0.39, 0.29) is 12.2 Å². The highest BCUT2D eigenvalue weighted by Gasteiger charge is 2.40. The van der Waals surface area contributed by atoms with Crippen LogP contribution in [0.2, 0.25) is 0 Å². The van der Waals surface area contributed by atoms with Gasteiger partial charge in [-0.2, -0.15) is 13.2 Å². The molecule has 0 aliphatic rings. The predicted molar refractivity (Wildman–Crippen MR) is 90.6 cm³/mol. The maximum Gasteiger partial charge on any atom is 0.435 e. The van der Waals surface area contributed by atoms with Gasteiger partial charge in [0.2, 0.25) is 0 Å². The molecule has 1 amide bonds. The molecule has 1 aromatic carbocycles. The van der Waals surface area contributed by atoms with Gasteiger partial charge in [0.25, 0.3) is 5.91 Å². The maximum atomic E-state index is 13.1. The molecule has 7 nitrogen and oxygen atoms in total. The Balaban J connectivity index is 2.34. The van der Waals surface area contributed by atoms with Gasteiger partial charge in [0.15, 0.2) is 10.8 Å². The first kappa shape index (κ1) is 20.5. The van der Waals surface area contributed by atoms with E-state index in [1.807, 2.05) is 0 Å². The number of carbonyl (C=O) groups excluding carboxylic acids is 2. The van der Waals surface area contributed by atoms with Crippen LogP contribution < -0.4 is 14.8 Å². The topological polar surface area (TPSA) is 86.8 Å². The van der Waals surface area contributed by atoms with Crippen molar-refractivity contribution in [2.24, 2.45) is 0 Å². The summed E-state index contributed by atoms with van der Waals surface area (Å²) in [5.41, 5.74) is -1.34. The van der Waals surface area contributed by atoms with Crippen LogP contribution in [0.1, 0.15) is 32.6 Å². The predicted octanol–water partition coefficient (Wildman–Crippen LogP) is 3.61. The second-order valence-corrected chi connectivity index (χ2v) is 5.97. The van der Waals surface area contributed by atoms with Crippen molar-refractivity contribution >= 4 is 28.3 Å². The van der Waals surface area contributed by atoms with Gasteiger partial charge >= 0.3 is 12.1 Å². The van der Waals surface area contributed by atoms with Crippen LogP contribution in [0.5, 0.6) is 11.5 Å². The van der Waals surface area contributed by atoms with E-state index in [4.69, 9.17) is 9.47 Å². The number of nitrogens with zero attached hydrogens (tertiary/aromatic N) is 1. The number of ether oxygens (including phenoxy) is 3. The molecule has 11 heteroatoms. The van der Waals surface area contributed by atoms with Crippen LogP contribution in [0.3, 0.4) is 0 Å². The average Bonchev–Trinajstić information content (AvgIpc) is 3.05. The molecule has 0 saturated heterocycles. The zero-order chi connectivity index (χ0) is 20.2. The van der Waals surface area contributed by atoms with Crippen LogP contribution in [0.4, 0.5) is 18.3 Å². The van der Waals surface area contributed by atoms with Crippen LogP contribution in [0.25, 0.3) is 0 Å². The first-order valence-electron chi connectivity index (χ1n) is 7.49. The van der Waals surface area contributed by atoms with Gasteiger partial charge in [-0.05, 0) is 19.1 Å². The minimum Gasteiger partial charge on any atom is -0.497 e. The molecule has 0 atom stereocenters. The number of benzene rings is 1. The van der Waals surface area contributed by atoms with Crippen LogP contribution >= 0.6 is 11.3 Å². The third-order valence-electron chi connectivity index (χ3n) is 3.19. The van der Waals surface area contributed by atoms with Gasteiger partial charge in [0.1, 0.15) is 16.4 Å². The van der Waals surface area contributed by atoms with Crippen molar-refractivity contribution in [2.45, 2.75) is 13.1 Å². The van der Waals surface area contributed by atoms with Gasteiger partial charge in [-0.3, -0.25) is 10.1 Å². The fourth-order valence-electron chi connectivity index (χ4n) is 2.01. The molecular weight excluding hydrogens is 389 g/mol. The molecule has 1 aromatic heterocycles. The zero-order valence-corrected chi connectivity index (χ0v) is 15.3. The number of carbonyl (C=O) groups is 2. The average molecular weight is 404 g/mol. The Morgan fingerprint density at radius 2 is 1.74 bits per heavy atom. The zero-order valence-electron chi connectivity index (χ0n) is 14.5. The minimum atomic E-state index is -4.87. The van der Waals surface area contributed by atoms with E-state index in [9.17, 15) is 22.8 Å². The van der Waals surface area contributed by atoms with E-state index in [0.29, 0.717) is 22.8 Å². The van der Waals surface area contributed by atoms with E-state index in [0.717, 1.165) is 0 Å². The number of rotatable bonds is 6. The Morgan fingerprint density at radius 3 is 2.22 bits per heavy atom. The van der Waals surface area contributed by atoms with Crippen LogP contribution in [-0.4, -0.2) is 37.7 Å². The number of esters is 1. The Kier molecular flexibility index (Phi) is 6.26. The standard InChI is InChI=1S/C16H15F3N2O5S/c1-4-26-14(23)11-12(16(17,18)19)20-15(27-11)21-13(22)8-5-9(24-2)7-10(6-8)25-3/h5-7H,4H2,1-3H3,(H,20,21,22). The number of hydrogen-bond acceptors (Lipinski definition) is 7. The molecule has 0 unspecified atom stereocenters. The second kappa shape index (κ2) is 8.25. The SMILES string of the molecule is CCOC(=O)c1sc(NC(=O)c2cc(OC)cc(OC)c2)nc1C(F)(F)F. The van der Waals surface area contributed by atoms with Crippen molar-refractivity contribution in [1.82, 2.24) is 4.98 Å². The lowest BCUT2D eigenvalue weighted by atomic mass is 10.2. The van der Waals surface area contributed by atoms with Gasteiger partial charge < -0.3 is 14.2 Å². The smallest absolute Gasteiger partial charge is 0.435 e. The van der Waals surface area contributed by atoms with E-state index in [2.05, 4.69) is 15.0 Å². The summed E-state index contributed by atoms with van der Waals surface area (Å²) in [4.78, 5) is 26.7. The van der Waals surface area contributed by atoms with Crippen LogP contribution in [0.15, 0.2) is 18.2 Å². The number of methoxy groups -OCH3 is 2. The first-order valence-corrected chi connectivity index (χ1v) is 8.30. The number of hydrogen-bond donors (Lipinski definition) is 1. The van der Waals surface area contributed by atoms with E-state index >= 15 is 0 Å². The molecule has 146 valence electrons. The van der Waals surface area contributed by atoms with Crippen LogP contribution in [-0.2, 0) is 10.9 Å². The number of nitrogens with one attached hydrogen (secondary N) is 1. The van der Waals surface area contributed by atoms with Crippen LogP contribution in [0, 0.1) is 0 Å². The van der Waals surface area contributed by atoms with Crippen molar-refractivity contribution < 1.29 is 37.0 Å². The Morgan fingerprint density at radius 1 is 1.15 bits per heavy atom. The molecule has 0 bridgehead atoms. The Labute approximate surface area is 156 Å². The van der Waals surface area contributed by atoms with Gasteiger partial charge in [0, 0.05) is 11.6 Å². The lowest BCUT2D eigenvalue weighted by Gasteiger charge is -2.08. The summed E-state index contributed by atoms with van der Waals surface area (Å²) in [6.45, 7) is 1.37. The number of thiazole rings is 1. The minimum absolute atomic E-state index is 0.0765. The van der Waals surface area contributed by atoms with E-state index < -0.39 is 33.8 Å². The summed E-state index contributed by atoms with van der Waals surface area (Å²) < 4.78 is 54.0. The molecule has 0 fully saturated rings. The quantitative estimate of drug-likeness (QED) is 0.741. The molecule has 1 N–H and O–H groups in total. The summed E-state index contributed by atoms with van der Waals surface area (Å²) in [6.07, 6.45) is -4.87. The van der Waals surface area contributed by atoms with Crippen molar-refractivity contribution in [3.8, 4) is 11.5 Å².